The van der Waals surface area contributed by atoms with Gasteiger partial charge in [-0.2, -0.15) is 26.3 Å². The van der Waals surface area contributed by atoms with Gasteiger partial charge >= 0.3 is 24.2 Å². The number of hydrogen-bond donors (Lipinski definition) is 1. The van der Waals surface area contributed by atoms with Gasteiger partial charge < -0.3 is 20.3 Å². The van der Waals surface area contributed by atoms with Crippen molar-refractivity contribution in [3.8, 4) is 5.75 Å². The van der Waals surface area contributed by atoms with Crippen molar-refractivity contribution in [3.63, 3.8) is 0 Å². The summed E-state index contributed by atoms with van der Waals surface area (Å²) in [5.41, 5.74) is 7.59. The Labute approximate surface area is 223 Å². The van der Waals surface area contributed by atoms with Crippen LogP contribution in [-0.2, 0) is 22.4 Å². The number of anilines is 1. The van der Waals surface area contributed by atoms with Gasteiger partial charge in [0.25, 0.3) is 0 Å². The average molecular weight is 562 g/mol. The van der Waals surface area contributed by atoms with E-state index in [2.05, 4.69) is 0 Å². The Morgan fingerprint density at radius 3 is 1.64 bits per heavy atom. The van der Waals surface area contributed by atoms with Crippen molar-refractivity contribution in [2.45, 2.75) is 50.9 Å². The minimum Gasteiger partial charge on any atom is -0.495 e. The third-order valence-corrected chi connectivity index (χ3v) is 6.14. The average Bonchev–Trinajstić information content (AvgIpc) is 2.88. The van der Waals surface area contributed by atoms with E-state index in [1.807, 2.05) is 0 Å². The lowest BCUT2D eigenvalue weighted by atomic mass is 10.1. The summed E-state index contributed by atoms with van der Waals surface area (Å²) in [6.45, 7) is -0.581. The number of carbonyl (C=O) groups excluding carboxylic acids is 2. The van der Waals surface area contributed by atoms with Crippen LogP contribution < -0.4 is 10.5 Å². The van der Waals surface area contributed by atoms with Crippen LogP contribution >= 0.6 is 0 Å². The summed E-state index contributed by atoms with van der Waals surface area (Å²) >= 11 is 0. The fraction of sp³-hybridized carbons (Fsp3) is 0.481. The minimum absolute atomic E-state index is 0.105. The summed E-state index contributed by atoms with van der Waals surface area (Å²) in [4.78, 5) is 25.3. The van der Waals surface area contributed by atoms with Gasteiger partial charge in [-0.15, -0.1) is 0 Å². The van der Waals surface area contributed by atoms with Crippen LogP contribution in [0.5, 0.6) is 5.75 Å². The van der Waals surface area contributed by atoms with Crippen molar-refractivity contribution in [3.05, 3.63) is 59.7 Å². The molecule has 2 aromatic carbocycles. The van der Waals surface area contributed by atoms with Gasteiger partial charge in [-0.1, -0.05) is 49.2 Å². The second kappa shape index (κ2) is 14.6. The maximum absolute atomic E-state index is 13.1. The van der Waals surface area contributed by atoms with Crippen LogP contribution in [-0.4, -0.2) is 67.3 Å². The number of carbonyl (C=O) groups is 2. The molecule has 0 heterocycles. The van der Waals surface area contributed by atoms with E-state index in [0.29, 0.717) is 29.8 Å². The Hall–Kier alpha value is -3.44. The molecule has 216 valence electrons. The fourth-order valence-corrected chi connectivity index (χ4v) is 4.06. The molecule has 0 atom stereocenters. The number of amides is 2. The van der Waals surface area contributed by atoms with Crippen LogP contribution in [0.4, 0.5) is 32.0 Å². The summed E-state index contributed by atoms with van der Waals surface area (Å²) < 4.78 is 83.5. The molecule has 2 aromatic rings. The molecule has 2 N–H and O–H groups in total. The number of benzene rings is 2. The number of halogens is 6. The first-order chi connectivity index (χ1) is 18.3. The van der Waals surface area contributed by atoms with E-state index in [-0.39, 0.29) is 51.9 Å². The van der Waals surface area contributed by atoms with Crippen LogP contribution in [0.2, 0.25) is 0 Å². The normalized spacial score (nSPS) is 11.8. The number of rotatable bonds is 14. The Morgan fingerprint density at radius 2 is 1.21 bits per heavy atom. The van der Waals surface area contributed by atoms with Crippen molar-refractivity contribution in [2.24, 2.45) is 0 Å². The van der Waals surface area contributed by atoms with E-state index in [4.69, 9.17) is 10.5 Å². The van der Waals surface area contributed by atoms with Crippen LogP contribution in [0.3, 0.4) is 0 Å². The summed E-state index contributed by atoms with van der Waals surface area (Å²) in [5.74, 6) is -3.44. The number of hydrogen-bond acceptors (Lipinski definition) is 4. The number of alkyl halides is 6. The monoisotopic (exact) mass is 561 g/mol. The summed E-state index contributed by atoms with van der Waals surface area (Å²) in [7, 11) is 1.44. The Kier molecular flexibility index (Phi) is 11.9. The summed E-state index contributed by atoms with van der Waals surface area (Å²) in [6, 6.07) is 13.6. The molecular weight excluding hydrogens is 528 g/mol. The Morgan fingerprint density at radius 1 is 0.718 bits per heavy atom. The highest BCUT2D eigenvalue weighted by atomic mass is 19.4. The highest BCUT2D eigenvalue weighted by Crippen LogP contribution is 2.24. The molecule has 0 spiro atoms. The SMILES string of the molecule is COc1ccc(CCN(CCCCCCN(CCc2ccccc2)C(=O)C(F)(F)F)C(=O)C(F)(F)F)cc1N. The van der Waals surface area contributed by atoms with Gasteiger partial charge in [0, 0.05) is 26.2 Å². The Bertz CT molecular complexity index is 1060. The van der Waals surface area contributed by atoms with Crippen LogP contribution in [0.15, 0.2) is 48.5 Å². The molecule has 0 fully saturated rings. The second-order valence-corrected chi connectivity index (χ2v) is 9.06. The quantitative estimate of drug-likeness (QED) is 0.190. The van der Waals surface area contributed by atoms with E-state index in [0.717, 1.165) is 15.4 Å². The summed E-state index contributed by atoms with van der Waals surface area (Å²) in [6.07, 6.45) is -8.39. The van der Waals surface area contributed by atoms with Gasteiger partial charge in [0.1, 0.15) is 5.75 Å². The predicted molar refractivity (Wildman–Crippen MR) is 135 cm³/mol. The van der Waals surface area contributed by atoms with Crippen LogP contribution in [0.25, 0.3) is 0 Å². The third kappa shape index (κ3) is 10.7. The van der Waals surface area contributed by atoms with E-state index in [9.17, 15) is 35.9 Å². The molecule has 0 aliphatic carbocycles. The number of ether oxygens (including phenoxy) is 1. The molecule has 0 bridgehead atoms. The van der Waals surface area contributed by atoms with Crippen molar-refractivity contribution in [2.75, 3.05) is 39.0 Å². The lowest BCUT2D eigenvalue weighted by Gasteiger charge is -2.25. The number of nitrogens with two attached hydrogens (primary N) is 1. The first-order valence-electron chi connectivity index (χ1n) is 12.5. The molecular formula is C27H33F6N3O3. The molecule has 0 unspecified atom stereocenters. The van der Waals surface area contributed by atoms with Crippen molar-refractivity contribution >= 4 is 17.5 Å². The topological polar surface area (TPSA) is 75.9 Å². The lowest BCUT2D eigenvalue weighted by molar-refractivity contribution is -0.185. The number of nitrogens with zero attached hydrogens (tertiary/aromatic N) is 2. The van der Waals surface area contributed by atoms with Crippen molar-refractivity contribution in [1.82, 2.24) is 9.80 Å². The molecule has 0 radical (unpaired) electrons. The second-order valence-electron chi connectivity index (χ2n) is 9.06. The molecule has 0 aromatic heterocycles. The number of unbranched alkanes of at least 4 members (excludes halogenated alkanes) is 3. The highest BCUT2D eigenvalue weighted by Gasteiger charge is 2.43. The van der Waals surface area contributed by atoms with Gasteiger partial charge in [0.15, 0.2) is 0 Å². The maximum atomic E-state index is 13.1. The first kappa shape index (κ1) is 31.8. The predicted octanol–water partition coefficient (Wildman–Crippen LogP) is 5.40. The molecule has 6 nitrogen and oxygen atoms in total. The zero-order valence-electron chi connectivity index (χ0n) is 21.7. The van der Waals surface area contributed by atoms with Gasteiger partial charge in [-0.3, -0.25) is 9.59 Å². The van der Waals surface area contributed by atoms with Gasteiger partial charge in [0.05, 0.1) is 12.8 Å². The van der Waals surface area contributed by atoms with E-state index in [1.165, 1.54) is 7.11 Å². The molecule has 0 aliphatic rings. The molecule has 0 aliphatic heterocycles. The van der Waals surface area contributed by atoms with E-state index in [1.54, 1.807) is 48.5 Å². The first-order valence-corrected chi connectivity index (χ1v) is 12.5. The molecule has 2 amide bonds. The zero-order valence-corrected chi connectivity index (χ0v) is 21.7. The molecule has 12 heteroatoms. The van der Waals surface area contributed by atoms with Gasteiger partial charge in [-0.05, 0) is 48.9 Å². The van der Waals surface area contributed by atoms with Crippen molar-refractivity contribution in [1.29, 1.82) is 0 Å². The van der Waals surface area contributed by atoms with E-state index >= 15 is 0 Å². The number of nitrogen functional groups attached to an aromatic ring is 1. The summed E-state index contributed by atoms with van der Waals surface area (Å²) in [5, 5.41) is 0. The maximum Gasteiger partial charge on any atom is 0.471 e. The standard InChI is InChI=1S/C27H33F6N3O3/c1-39-23-12-11-21(19-22(23)34)14-18-36(25(38)27(31,32)33)16-8-3-2-7-15-35(24(37)26(28,29)30)17-13-20-9-5-4-6-10-20/h4-6,9-12,19H,2-3,7-8,13-18,34H2,1H3. The third-order valence-electron chi connectivity index (χ3n) is 6.14. The lowest BCUT2D eigenvalue weighted by Crippen LogP contribution is -2.43. The minimum atomic E-state index is -5.03. The van der Waals surface area contributed by atoms with E-state index < -0.39 is 24.2 Å². The van der Waals surface area contributed by atoms with Crippen LogP contribution in [0, 0.1) is 0 Å². The molecule has 0 saturated heterocycles. The largest absolute Gasteiger partial charge is 0.495 e. The van der Waals surface area contributed by atoms with Crippen LogP contribution in [0.1, 0.15) is 36.8 Å². The zero-order chi connectivity index (χ0) is 29.1. The molecule has 39 heavy (non-hydrogen) atoms. The molecule has 0 saturated carbocycles. The smallest absolute Gasteiger partial charge is 0.471 e. The van der Waals surface area contributed by atoms with Gasteiger partial charge in [0.2, 0.25) is 0 Å². The highest BCUT2D eigenvalue weighted by molar-refractivity contribution is 5.82. The molecule has 2 rings (SSSR count). The fourth-order valence-electron chi connectivity index (χ4n) is 4.06. The number of methoxy groups -OCH3 is 1. The van der Waals surface area contributed by atoms with Gasteiger partial charge in [-0.25, -0.2) is 0 Å². The Balaban J connectivity index is 1.87. The van der Waals surface area contributed by atoms with Crippen molar-refractivity contribution < 1.29 is 40.7 Å².